The number of carbonyl (C=O) groups excluding carboxylic acids is 1. The Bertz CT molecular complexity index is 958. The molecule has 0 aliphatic rings. The highest BCUT2D eigenvalue weighted by molar-refractivity contribution is 6.36. The molecule has 0 aliphatic heterocycles. The topological polar surface area (TPSA) is 66.2 Å². The lowest BCUT2D eigenvalue weighted by atomic mass is 10.2. The van der Waals surface area contributed by atoms with Crippen molar-refractivity contribution in [3.8, 4) is 17.4 Å². The van der Waals surface area contributed by atoms with Crippen LogP contribution in [0.2, 0.25) is 15.1 Å². The molecule has 2 aromatic carbocycles. The number of hydrogen-bond donors (Lipinski definition) is 0. The minimum atomic E-state index is -0.401. The molecule has 0 radical (unpaired) electrons. The Morgan fingerprint density at radius 3 is 2.41 bits per heavy atom. The summed E-state index contributed by atoms with van der Waals surface area (Å²) < 4.78 is 11.5. The van der Waals surface area contributed by atoms with Crippen LogP contribution in [0.1, 0.15) is 10.4 Å². The van der Waals surface area contributed by atoms with Gasteiger partial charge in [-0.25, -0.2) is 0 Å². The van der Waals surface area contributed by atoms with Gasteiger partial charge in [-0.15, -0.1) is 5.10 Å². The number of methoxy groups -OCH3 is 1. The van der Waals surface area contributed by atoms with Crippen LogP contribution in [0.25, 0.3) is 11.4 Å². The van der Waals surface area contributed by atoms with E-state index >= 15 is 0 Å². The number of rotatable bonds is 6. The first-order chi connectivity index (χ1) is 13.0. The van der Waals surface area contributed by atoms with Crippen LogP contribution in [0, 0.1) is 0 Å². The summed E-state index contributed by atoms with van der Waals surface area (Å²) in [6.07, 6.45) is 0. The van der Waals surface area contributed by atoms with Crippen molar-refractivity contribution >= 4 is 40.7 Å². The molecule has 3 rings (SSSR count). The normalized spacial score (nSPS) is 10.8. The maximum atomic E-state index is 12.9. The highest BCUT2D eigenvalue weighted by Crippen LogP contribution is 2.30. The van der Waals surface area contributed by atoms with Crippen molar-refractivity contribution < 1.29 is 14.3 Å². The maximum absolute atomic E-state index is 12.9. The van der Waals surface area contributed by atoms with E-state index in [0.29, 0.717) is 32.8 Å². The molecule has 140 valence electrons. The lowest BCUT2D eigenvalue weighted by Gasteiger charge is -2.06. The highest BCUT2D eigenvalue weighted by atomic mass is 35.5. The summed E-state index contributed by atoms with van der Waals surface area (Å²) in [6.45, 7) is 0.597. The van der Waals surface area contributed by atoms with Gasteiger partial charge in [-0.1, -0.05) is 34.8 Å². The van der Waals surface area contributed by atoms with E-state index in [1.807, 2.05) is 0 Å². The first kappa shape index (κ1) is 19.6. The molecule has 6 nitrogen and oxygen atoms in total. The Hall–Kier alpha value is -2.12. The first-order valence-corrected chi connectivity index (χ1v) is 8.97. The van der Waals surface area contributed by atoms with Crippen molar-refractivity contribution in [3.05, 3.63) is 63.1 Å². The Morgan fingerprint density at radius 1 is 1.04 bits per heavy atom. The molecule has 0 spiro atoms. The number of hydrogen-bond acceptors (Lipinski definition) is 5. The first-order valence-electron chi connectivity index (χ1n) is 7.84. The van der Waals surface area contributed by atoms with Crippen LogP contribution in [0.15, 0.2) is 42.5 Å². The van der Waals surface area contributed by atoms with Crippen LogP contribution >= 0.6 is 34.8 Å². The number of ether oxygens (including phenoxy) is 2. The van der Waals surface area contributed by atoms with Gasteiger partial charge in [0.15, 0.2) is 5.82 Å². The van der Waals surface area contributed by atoms with Gasteiger partial charge in [0.25, 0.3) is 5.91 Å². The molecule has 0 atom stereocenters. The van der Waals surface area contributed by atoms with Gasteiger partial charge in [0.1, 0.15) is 6.61 Å². The van der Waals surface area contributed by atoms with E-state index in [9.17, 15) is 4.79 Å². The predicted octanol–water partition coefficient (Wildman–Crippen LogP) is 4.62. The fourth-order valence-corrected chi connectivity index (χ4v) is 2.89. The number of aromatic nitrogens is 3. The van der Waals surface area contributed by atoms with Gasteiger partial charge >= 0.3 is 6.01 Å². The van der Waals surface area contributed by atoms with E-state index in [2.05, 4.69) is 10.1 Å². The third-order valence-electron chi connectivity index (χ3n) is 3.56. The van der Waals surface area contributed by atoms with Crippen molar-refractivity contribution in [3.63, 3.8) is 0 Å². The number of carbonyl (C=O) groups is 1. The molecule has 3 aromatic rings. The van der Waals surface area contributed by atoms with E-state index in [0.717, 1.165) is 4.68 Å². The number of halogens is 3. The fraction of sp³-hybridized carbons (Fsp3) is 0.167. The van der Waals surface area contributed by atoms with E-state index in [1.165, 1.54) is 0 Å². The number of nitrogens with zero attached hydrogens (tertiary/aromatic N) is 3. The van der Waals surface area contributed by atoms with Crippen molar-refractivity contribution in [1.29, 1.82) is 0 Å². The average Bonchev–Trinajstić information content (AvgIpc) is 3.06. The molecule has 0 amide bonds. The third kappa shape index (κ3) is 4.59. The van der Waals surface area contributed by atoms with Crippen LogP contribution in [-0.2, 0) is 4.74 Å². The maximum Gasteiger partial charge on any atom is 0.336 e. The largest absolute Gasteiger partial charge is 0.460 e. The lowest BCUT2D eigenvalue weighted by Crippen LogP contribution is -2.15. The highest BCUT2D eigenvalue weighted by Gasteiger charge is 2.21. The second kappa shape index (κ2) is 8.71. The zero-order valence-corrected chi connectivity index (χ0v) is 16.4. The molecule has 1 aromatic heterocycles. The predicted molar refractivity (Wildman–Crippen MR) is 104 cm³/mol. The Kier molecular flexibility index (Phi) is 6.34. The zero-order chi connectivity index (χ0) is 19.4. The summed E-state index contributed by atoms with van der Waals surface area (Å²) in [4.78, 5) is 17.2. The quantitative estimate of drug-likeness (QED) is 0.538. The molecule has 0 N–H and O–H groups in total. The Balaban J connectivity index is 2.04. The molecule has 0 unspecified atom stereocenters. The molecule has 9 heteroatoms. The summed E-state index contributed by atoms with van der Waals surface area (Å²) in [7, 11) is 1.55. The smallest absolute Gasteiger partial charge is 0.336 e. The van der Waals surface area contributed by atoms with Gasteiger partial charge < -0.3 is 9.47 Å². The van der Waals surface area contributed by atoms with Gasteiger partial charge in [-0.05, 0) is 42.5 Å². The van der Waals surface area contributed by atoms with Crippen LogP contribution in [-0.4, -0.2) is 41.0 Å². The van der Waals surface area contributed by atoms with Crippen molar-refractivity contribution in [1.82, 2.24) is 14.8 Å². The molecule has 0 saturated carbocycles. The van der Waals surface area contributed by atoms with Crippen LogP contribution in [0.4, 0.5) is 0 Å². The van der Waals surface area contributed by atoms with Crippen LogP contribution in [0.5, 0.6) is 6.01 Å². The van der Waals surface area contributed by atoms with Crippen LogP contribution < -0.4 is 4.74 Å². The molecule has 27 heavy (non-hydrogen) atoms. The summed E-state index contributed by atoms with van der Waals surface area (Å²) in [5.74, 6) is -0.161. The monoisotopic (exact) mass is 425 g/mol. The van der Waals surface area contributed by atoms with E-state index in [-0.39, 0.29) is 18.4 Å². The van der Waals surface area contributed by atoms with E-state index < -0.39 is 5.91 Å². The van der Waals surface area contributed by atoms with Gasteiger partial charge in [-0.2, -0.15) is 9.67 Å². The van der Waals surface area contributed by atoms with Gasteiger partial charge in [0.2, 0.25) is 0 Å². The van der Waals surface area contributed by atoms with Gasteiger partial charge in [0, 0.05) is 28.3 Å². The summed E-state index contributed by atoms with van der Waals surface area (Å²) in [6, 6.07) is 11.4. The standard InChI is InChI=1S/C18H14Cl3N3O3/c1-26-8-9-27-18-22-16(14-7-6-13(20)10-15(14)21)24(23-18)17(25)11-2-4-12(19)5-3-11/h2-7,10H,8-9H2,1H3. The lowest BCUT2D eigenvalue weighted by molar-refractivity contribution is 0.0943. The summed E-state index contributed by atoms with van der Waals surface area (Å²) >= 11 is 18.1. The van der Waals surface area contributed by atoms with Gasteiger partial charge in [0.05, 0.1) is 11.6 Å². The molecule has 0 aliphatic carbocycles. The summed E-state index contributed by atoms with van der Waals surface area (Å²) in [5, 5.41) is 5.50. The molecular weight excluding hydrogens is 413 g/mol. The molecular formula is C18H14Cl3N3O3. The molecule has 0 saturated heterocycles. The molecule has 0 bridgehead atoms. The Morgan fingerprint density at radius 2 is 1.74 bits per heavy atom. The minimum Gasteiger partial charge on any atom is -0.460 e. The third-order valence-corrected chi connectivity index (χ3v) is 4.36. The van der Waals surface area contributed by atoms with Crippen molar-refractivity contribution in [2.75, 3.05) is 20.3 Å². The van der Waals surface area contributed by atoms with Crippen LogP contribution in [0.3, 0.4) is 0 Å². The fourth-order valence-electron chi connectivity index (χ4n) is 2.27. The second-order valence-electron chi connectivity index (χ2n) is 5.41. The minimum absolute atomic E-state index is 0.0374. The molecule has 1 heterocycles. The van der Waals surface area contributed by atoms with Gasteiger partial charge in [-0.3, -0.25) is 4.79 Å². The Labute approximate surface area is 170 Å². The SMILES string of the molecule is COCCOc1nc(-c2ccc(Cl)cc2Cl)n(C(=O)c2ccc(Cl)cc2)n1. The number of benzene rings is 2. The zero-order valence-electron chi connectivity index (χ0n) is 14.2. The van der Waals surface area contributed by atoms with Crippen molar-refractivity contribution in [2.24, 2.45) is 0 Å². The van der Waals surface area contributed by atoms with E-state index in [1.54, 1.807) is 49.6 Å². The second-order valence-corrected chi connectivity index (χ2v) is 6.69. The molecule has 0 fully saturated rings. The average molecular weight is 427 g/mol. The van der Waals surface area contributed by atoms with Crippen molar-refractivity contribution in [2.45, 2.75) is 0 Å². The van der Waals surface area contributed by atoms with E-state index in [4.69, 9.17) is 44.3 Å². The summed E-state index contributed by atoms with van der Waals surface area (Å²) in [5.41, 5.74) is 0.886.